The summed E-state index contributed by atoms with van der Waals surface area (Å²) in [6.07, 6.45) is 1.63. The number of nitrogens with zero attached hydrogens (tertiary/aromatic N) is 1. The van der Waals surface area contributed by atoms with Gasteiger partial charge in [-0.15, -0.1) is 0 Å². The Bertz CT molecular complexity index is 753. The van der Waals surface area contributed by atoms with E-state index in [1.807, 2.05) is 12.1 Å². The quantitative estimate of drug-likeness (QED) is 0.888. The summed E-state index contributed by atoms with van der Waals surface area (Å²) < 4.78 is 5.25. The summed E-state index contributed by atoms with van der Waals surface area (Å²) in [6, 6.07) is 16.9. The van der Waals surface area contributed by atoms with Crippen molar-refractivity contribution in [3.05, 3.63) is 65.2 Å². The zero-order valence-corrected chi connectivity index (χ0v) is 15.6. The Hall–Kier alpha value is -1.88. The molecule has 2 atom stereocenters. The lowest BCUT2D eigenvalue weighted by Gasteiger charge is -2.40. The van der Waals surface area contributed by atoms with Crippen LogP contribution in [0, 0.1) is 0 Å². The third-order valence-corrected chi connectivity index (χ3v) is 6.24. The van der Waals surface area contributed by atoms with Crippen LogP contribution in [0.1, 0.15) is 35.6 Å². The maximum absolute atomic E-state index is 11.4. The molecule has 138 valence electrons. The summed E-state index contributed by atoms with van der Waals surface area (Å²) in [7, 11) is 3.81. The number of aliphatic hydroxyl groups excluding tert-OH is 1. The van der Waals surface area contributed by atoms with Crippen LogP contribution in [0.2, 0.25) is 0 Å². The normalized spacial score (nSPS) is 24.0. The molecule has 0 radical (unpaired) electrons. The Morgan fingerprint density at radius 1 is 1.12 bits per heavy atom. The second-order valence-corrected chi connectivity index (χ2v) is 7.65. The minimum absolute atomic E-state index is 0.0337. The molecular formula is C22H28N2O2. The van der Waals surface area contributed by atoms with Crippen LogP contribution in [0.3, 0.4) is 0 Å². The van der Waals surface area contributed by atoms with Crippen LogP contribution < -0.4 is 10.1 Å². The molecule has 4 rings (SSSR count). The van der Waals surface area contributed by atoms with Crippen molar-refractivity contribution >= 4 is 0 Å². The molecule has 1 saturated heterocycles. The number of rotatable bonds is 4. The van der Waals surface area contributed by atoms with Crippen LogP contribution in [0.4, 0.5) is 0 Å². The molecule has 0 amide bonds. The number of nitrogens with one attached hydrogen (secondary N) is 1. The lowest BCUT2D eigenvalue weighted by atomic mass is 9.72. The number of benzene rings is 2. The van der Waals surface area contributed by atoms with E-state index in [9.17, 15) is 5.11 Å². The van der Waals surface area contributed by atoms with Crippen LogP contribution >= 0.6 is 0 Å². The van der Waals surface area contributed by atoms with E-state index < -0.39 is 0 Å². The molecule has 0 bridgehead atoms. The lowest BCUT2D eigenvalue weighted by Crippen LogP contribution is -2.48. The summed E-state index contributed by atoms with van der Waals surface area (Å²) in [5.74, 6) is 0.872. The summed E-state index contributed by atoms with van der Waals surface area (Å²) in [6.45, 7) is 2.75. The second kappa shape index (κ2) is 7.03. The standard InChI is InChI=1S/C22H28N2O2/c1-24(15-16-7-9-17(26-2)10-8-16)20-18-5-3-4-6-19(18)22(21(20)25)11-13-23-14-12-22/h3-10,20-21,23,25H,11-15H2,1-2H3/t20-,21+/m1/s1. The molecule has 26 heavy (non-hydrogen) atoms. The van der Waals surface area contributed by atoms with Gasteiger partial charge in [-0.3, -0.25) is 4.90 Å². The van der Waals surface area contributed by atoms with Crippen molar-refractivity contribution in [3.63, 3.8) is 0 Å². The van der Waals surface area contributed by atoms with Crippen LogP contribution in [-0.4, -0.2) is 43.4 Å². The van der Waals surface area contributed by atoms with Crippen LogP contribution in [0.15, 0.2) is 48.5 Å². The van der Waals surface area contributed by atoms with Gasteiger partial charge in [-0.05, 0) is 61.8 Å². The Balaban J connectivity index is 1.63. The van der Waals surface area contributed by atoms with Crippen molar-refractivity contribution in [1.29, 1.82) is 0 Å². The molecule has 4 heteroatoms. The van der Waals surface area contributed by atoms with E-state index in [0.29, 0.717) is 0 Å². The van der Waals surface area contributed by atoms with E-state index in [-0.39, 0.29) is 17.6 Å². The van der Waals surface area contributed by atoms with Crippen molar-refractivity contribution in [1.82, 2.24) is 10.2 Å². The molecule has 1 aliphatic carbocycles. The maximum Gasteiger partial charge on any atom is 0.118 e. The number of piperidine rings is 1. The van der Waals surface area contributed by atoms with Gasteiger partial charge in [0, 0.05) is 12.0 Å². The second-order valence-electron chi connectivity index (χ2n) is 7.65. The fourth-order valence-corrected chi connectivity index (χ4v) is 4.87. The van der Waals surface area contributed by atoms with Crippen LogP contribution in [0.25, 0.3) is 0 Å². The van der Waals surface area contributed by atoms with Gasteiger partial charge in [0.05, 0.1) is 19.3 Å². The predicted octanol–water partition coefficient (Wildman–Crippen LogP) is 2.86. The van der Waals surface area contributed by atoms with E-state index in [1.165, 1.54) is 16.7 Å². The van der Waals surface area contributed by atoms with Gasteiger partial charge in [-0.25, -0.2) is 0 Å². The first-order valence-corrected chi connectivity index (χ1v) is 9.47. The molecule has 1 spiro atoms. The fraction of sp³-hybridized carbons (Fsp3) is 0.455. The first-order chi connectivity index (χ1) is 12.7. The van der Waals surface area contributed by atoms with E-state index in [4.69, 9.17) is 4.74 Å². The van der Waals surface area contributed by atoms with Gasteiger partial charge >= 0.3 is 0 Å². The first kappa shape index (κ1) is 17.5. The largest absolute Gasteiger partial charge is 0.497 e. The Kier molecular flexibility index (Phi) is 4.74. The summed E-state index contributed by atoms with van der Waals surface area (Å²) >= 11 is 0. The third-order valence-electron chi connectivity index (χ3n) is 6.24. The van der Waals surface area contributed by atoms with Crippen molar-refractivity contribution in [2.45, 2.75) is 36.9 Å². The van der Waals surface area contributed by atoms with Crippen molar-refractivity contribution in [3.8, 4) is 5.75 Å². The molecule has 0 aromatic heterocycles. The van der Waals surface area contributed by atoms with Gasteiger partial charge in [0.1, 0.15) is 5.75 Å². The molecule has 2 N–H and O–H groups in total. The average molecular weight is 352 g/mol. The van der Waals surface area contributed by atoms with Crippen LogP contribution in [-0.2, 0) is 12.0 Å². The Labute approximate surface area is 155 Å². The van der Waals surface area contributed by atoms with Gasteiger partial charge in [-0.2, -0.15) is 0 Å². The minimum Gasteiger partial charge on any atom is -0.497 e. The average Bonchev–Trinajstić information content (AvgIpc) is 2.92. The molecule has 0 unspecified atom stereocenters. The van der Waals surface area contributed by atoms with Gasteiger partial charge in [-0.1, -0.05) is 36.4 Å². The molecule has 2 aliphatic rings. The highest BCUT2D eigenvalue weighted by molar-refractivity contribution is 5.45. The Morgan fingerprint density at radius 3 is 2.50 bits per heavy atom. The number of likely N-dealkylation sites (N-methyl/N-ethyl adjacent to an activating group) is 1. The number of fused-ring (bicyclic) bond motifs is 2. The number of methoxy groups -OCH3 is 1. The molecule has 0 saturated carbocycles. The molecule has 4 nitrogen and oxygen atoms in total. The summed E-state index contributed by atoms with van der Waals surface area (Å²) in [5, 5.41) is 14.9. The van der Waals surface area contributed by atoms with E-state index in [0.717, 1.165) is 38.2 Å². The van der Waals surface area contributed by atoms with Crippen molar-refractivity contribution in [2.75, 3.05) is 27.2 Å². The highest BCUT2D eigenvalue weighted by Crippen LogP contribution is 2.51. The van der Waals surface area contributed by atoms with Gasteiger partial charge in [0.25, 0.3) is 0 Å². The third kappa shape index (κ3) is 2.82. The van der Waals surface area contributed by atoms with Crippen molar-refractivity contribution in [2.24, 2.45) is 0 Å². The zero-order chi connectivity index (χ0) is 18.1. The lowest BCUT2D eigenvalue weighted by molar-refractivity contribution is 0.00419. The molecule has 1 heterocycles. The monoisotopic (exact) mass is 352 g/mol. The summed E-state index contributed by atoms with van der Waals surface area (Å²) in [5.41, 5.74) is 3.75. The molecule has 1 aliphatic heterocycles. The van der Waals surface area contributed by atoms with E-state index >= 15 is 0 Å². The first-order valence-electron chi connectivity index (χ1n) is 9.47. The van der Waals surface area contributed by atoms with Crippen molar-refractivity contribution < 1.29 is 9.84 Å². The number of ether oxygens (including phenoxy) is 1. The molecule has 2 aromatic carbocycles. The summed E-state index contributed by atoms with van der Waals surface area (Å²) in [4.78, 5) is 2.29. The van der Waals surface area contributed by atoms with Gasteiger partial charge < -0.3 is 15.2 Å². The minimum atomic E-state index is -0.370. The predicted molar refractivity (Wildman–Crippen MR) is 103 cm³/mol. The highest BCUT2D eigenvalue weighted by Gasteiger charge is 2.52. The van der Waals surface area contributed by atoms with Crippen LogP contribution in [0.5, 0.6) is 5.75 Å². The van der Waals surface area contributed by atoms with E-state index in [1.54, 1.807) is 7.11 Å². The number of hydrogen-bond acceptors (Lipinski definition) is 4. The molecular weight excluding hydrogens is 324 g/mol. The molecule has 1 fully saturated rings. The zero-order valence-electron chi connectivity index (χ0n) is 15.6. The van der Waals surface area contributed by atoms with E-state index in [2.05, 4.69) is 53.7 Å². The molecule has 2 aromatic rings. The van der Waals surface area contributed by atoms with Gasteiger partial charge in [0.15, 0.2) is 0 Å². The number of aliphatic hydroxyl groups is 1. The topological polar surface area (TPSA) is 44.7 Å². The maximum atomic E-state index is 11.4. The van der Waals surface area contributed by atoms with Gasteiger partial charge in [0.2, 0.25) is 0 Å². The SMILES string of the molecule is COc1ccc(CN(C)[C@@H]2c3ccccc3C3(CCNCC3)[C@H]2O)cc1. The smallest absolute Gasteiger partial charge is 0.118 e. The number of hydrogen-bond donors (Lipinski definition) is 2. The highest BCUT2D eigenvalue weighted by atomic mass is 16.5. The Morgan fingerprint density at radius 2 is 1.81 bits per heavy atom. The fourth-order valence-electron chi connectivity index (χ4n) is 4.87.